The topological polar surface area (TPSA) is 88.8 Å². The van der Waals surface area contributed by atoms with Crippen molar-refractivity contribution in [2.75, 3.05) is 20.3 Å². The summed E-state index contributed by atoms with van der Waals surface area (Å²) in [4.78, 5) is 11.8. The molecule has 0 amide bonds. The maximum Gasteiger partial charge on any atom is 0.172 e. The Morgan fingerprint density at radius 1 is 1.39 bits per heavy atom. The third kappa shape index (κ3) is 2.94. The van der Waals surface area contributed by atoms with Gasteiger partial charge in [-0.3, -0.25) is 0 Å². The van der Waals surface area contributed by atoms with Gasteiger partial charge in [-0.15, -0.1) is 0 Å². The van der Waals surface area contributed by atoms with E-state index in [1.165, 1.54) is 0 Å². The molecule has 0 radical (unpaired) electrons. The number of hydrogen-bond acceptors (Lipinski definition) is 6. The molecule has 1 spiro atoms. The molecule has 6 nitrogen and oxygen atoms in total. The molecular weight excluding hydrogens is 298 g/mol. The predicted octanol–water partition coefficient (Wildman–Crippen LogP) is 1.33. The van der Waals surface area contributed by atoms with Crippen LogP contribution in [0.2, 0.25) is 0 Å². The number of allylic oxidation sites excluding steroid dienone is 1. The van der Waals surface area contributed by atoms with Crippen molar-refractivity contribution in [3.8, 4) is 6.07 Å². The third-order valence-corrected chi connectivity index (χ3v) is 5.33. The van der Waals surface area contributed by atoms with E-state index < -0.39 is 17.3 Å². The van der Waals surface area contributed by atoms with Gasteiger partial charge in [0.2, 0.25) is 0 Å². The molecule has 3 aliphatic rings. The number of nitrogens with zero attached hydrogens (tertiary/aromatic N) is 1. The fourth-order valence-electron chi connectivity index (χ4n) is 4.21. The largest absolute Gasteiger partial charge is 0.393 e. The highest BCUT2D eigenvalue weighted by atomic mass is 16.7. The summed E-state index contributed by atoms with van der Waals surface area (Å²) < 4.78 is 16.9. The van der Waals surface area contributed by atoms with Crippen LogP contribution in [0.3, 0.4) is 0 Å². The molecule has 6 heteroatoms. The van der Waals surface area contributed by atoms with E-state index in [0.29, 0.717) is 38.9 Å². The Labute approximate surface area is 136 Å². The normalized spacial score (nSPS) is 39.7. The van der Waals surface area contributed by atoms with E-state index in [9.17, 15) is 15.2 Å². The first-order chi connectivity index (χ1) is 11.1. The molecule has 126 valence electrons. The Balaban J connectivity index is 1.98. The molecule has 0 aromatic rings. The molecule has 23 heavy (non-hydrogen) atoms. The summed E-state index contributed by atoms with van der Waals surface area (Å²) in [5, 5.41) is 20.1. The van der Waals surface area contributed by atoms with Crippen LogP contribution in [-0.2, 0) is 19.0 Å². The van der Waals surface area contributed by atoms with Crippen molar-refractivity contribution < 1.29 is 24.1 Å². The van der Waals surface area contributed by atoms with Gasteiger partial charge >= 0.3 is 0 Å². The third-order valence-electron chi connectivity index (χ3n) is 5.33. The quantitative estimate of drug-likeness (QED) is 0.610. The number of aliphatic hydroxyl groups excluding tert-OH is 1. The minimum atomic E-state index is -1.19. The van der Waals surface area contributed by atoms with Gasteiger partial charge in [0.05, 0.1) is 31.5 Å². The Morgan fingerprint density at radius 3 is 2.74 bits per heavy atom. The van der Waals surface area contributed by atoms with Crippen LogP contribution in [0.15, 0.2) is 11.6 Å². The number of ether oxygens (including phenoxy) is 3. The first kappa shape index (κ1) is 16.6. The highest BCUT2D eigenvalue weighted by molar-refractivity contribution is 5.70. The van der Waals surface area contributed by atoms with Crippen molar-refractivity contribution >= 4 is 6.29 Å². The van der Waals surface area contributed by atoms with E-state index in [4.69, 9.17) is 14.2 Å². The molecule has 2 aliphatic carbocycles. The van der Waals surface area contributed by atoms with E-state index in [0.717, 1.165) is 11.9 Å². The highest BCUT2D eigenvalue weighted by Gasteiger charge is 2.50. The van der Waals surface area contributed by atoms with Crippen LogP contribution in [-0.4, -0.2) is 49.7 Å². The van der Waals surface area contributed by atoms with Gasteiger partial charge in [-0.2, -0.15) is 5.26 Å². The minimum absolute atomic E-state index is 0.0977. The van der Waals surface area contributed by atoms with Crippen LogP contribution >= 0.6 is 0 Å². The van der Waals surface area contributed by atoms with Gasteiger partial charge in [0.25, 0.3) is 0 Å². The molecule has 0 bridgehead atoms. The molecule has 1 aliphatic heterocycles. The number of aliphatic hydroxyl groups is 1. The van der Waals surface area contributed by atoms with Crippen molar-refractivity contribution in [3.63, 3.8) is 0 Å². The Morgan fingerprint density at radius 2 is 2.13 bits per heavy atom. The van der Waals surface area contributed by atoms with E-state index in [-0.39, 0.29) is 18.4 Å². The first-order valence-corrected chi connectivity index (χ1v) is 8.13. The molecule has 1 unspecified atom stereocenters. The molecule has 1 saturated heterocycles. The van der Waals surface area contributed by atoms with Gasteiger partial charge in [0.1, 0.15) is 11.7 Å². The second kappa shape index (κ2) is 6.33. The SMILES string of the molecule is CO[C@@H]1C[C@H](O)CC2CC3(CC=C2[C@](C#N)(C=O)C1)OCCO3. The molecule has 3 rings (SSSR count). The predicted molar refractivity (Wildman–Crippen MR) is 80.2 cm³/mol. The molecule has 0 aromatic carbocycles. The minimum Gasteiger partial charge on any atom is -0.393 e. The number of nitriles is 1. The summed E-state index contributed by atoms with van der Waals surface area (Å²) in [6.07, 6.45) is 4.10. The van der Waals surface area contributed by atoms with Crippen molar-refractivity contribution in [2.45, 2.75) is 50.1 Å². The Kier molecular flexibility index (Phi) is 4.56. The van der Waals surface area contributed by atoms with Crippen LogP contribution in [0.4, 0.5) is 0 Å². The number of carbonyl (C=O) groups excluding carboxylic acids is 1. The lowest BCUT2D eigenvalue weighted by atomic mass is 9.64. The van der Waals surface area contributed by atoms with Gasteiger partial charge in [-0.25, -0.2) is 0 Å². The van der Waals surface area contributed by atoms with Crippen molar-refractivity contribution in [1.82, 2.24) is 0 Å². The summed E-state index contributed by atoms with van der Waals surface area (Å²) in [5.74, 6) is -0.753. The van der Waals surface area contributed by atoms with E-state index in [2.05, 4.69) is 6.07 Å². The van der Waals surface area contributed by atoms with Crippen LogP contribution in [0.5, 0.6) is 0 Å². The van der Waals surface area contributed by atoms with Crippen molar-refractivity contribution in [2.24, 2.45) is 11.3 Å². The highest BCUT2D eigenvalue weighted by Crippen LogP contribution is 2.49. The lowest BCUT2D eigenvalue weighted by Crippen LogP contribution is -2.44. The van der Waals surface area contributed by atoms with E-state index in [1.807, 2.05) is 6.08 Å². The van der Waals surface area contributed by atoms with Crippen LogP contribution < -0.4 is 0 Å². The van der Waals surface area contributed by atoms with Gasteiger partial charge in [-0.05, 0) is 24.3 Å². The van der Waals surface area contributed by atoms with Gasteiger partial charge < -0.3 is 24.1 Å². The number of methoxy groups -OCH3 is 1. The number of aldehydes is 1. The second-order valence-electron chi connectivity index (χ2n) is 6.76. The summed E-state index contributed by atoms with van der Waals surface area (Å²) in [6.45, 7) is 1.11. The van der Waals surface area contributed by atoms with Crippen LogP contribution in [0.1, 0.15) is 32.1 Å². The molecule has 1 N–H and O–H groups in total. The summed E-state index contributed by atoms with van der Waals surface area (Å²) in [7, 11) is 1.55. The van der Waals surface area contributed by atoms with Crippen molar-refractivity contribution in [3.05, 3.63) is 11.6 Å². The second-order valence-corrected chi connectivity index (χ2v) is 6.76. The monoisotopic (exact) mass is 321 g/mol. The zero-order chi connectivity index (χ0) is 16.5. The summed E-state index contributed by atoms with van der Waals surface area (Å²) >= 11 is 0. The van der Waals surface area contributed by atoms with Crippen molar-refractivity contribution in [1.29, 1.82) is 5.26 Å². The Bertz CT molecular complexity index is 534. The molecule has 1 heterocycles. The fraction of sp³-hybridized carbons (Fsp3) is 0.765. The number of fused-ring (bicyclic) bond motifs is 1. The van der Waals surface area contributed by atoms with Gasteiger partial charge in [0.15, 0.2) is 5.79 Å². The lowest BCUT2D eigenvalue weighted by molar-refractivity contribution is -0.172. The maximum absolute atomic E-state index is 11.8. The number of hydrogen-bond donors (Lipinski definition) is 1. The zero-order valence-corrected chi connectivity index (χ0v) is 13.4. The number of carbonyl (C=O) groups is 1. The van der Waals surface area contributed by atoms with Gasteiger partial charge in [0, 0.05) is 26.4 Å². The average molecular weight is 321 g/mol. The summed E-state index contributed by atoms with van der Waals surface area (Å²) in [6, 6.07) is 2.21. The van der Waals surface area contributed by atoms with Crippen LogP contribution in [0, 0.1) is 22.7 Å². The lowest BCUT2D eigenvalue weighted by Gasteiger charge is -2.43. The zero-order valence-electron chi connectivity index (χ0n) is 13.4. The van der Waals surface area contributed by atoms with E-state index >= 15 is 0 Å². The maximum atomic E-state index is 11.8. The average Bonchev–Trinajstić information content (AvgIpc) is 2.99. The molecule has 1 saturated carbocycles. The molecule has 2 fully saturated rings. The van der Waals surface area contributed by atoms with Gasteiger partial charge in [-0.1, -0.05) is 6.08 Å². The summed E-state index contributed by atoms with van der Waals surface area (Å²) in [5.41, 5.74) is -0.397. The molecular formula is C17H23NO5. The van der Waals surface area contributed by atoms with E-state index in [1.54, 1.807) is 7.11 Å². The number of rotatable bonds is 2. The smallest absolute Gasteiger partial charge is 0.172 e. The fourth-order valence-corrected chi connectivity index (χ4v) is 4.21. The first-order valence-electron chi connectivity index (χ1n) is 8.13. The standard InChI is InChI=1S/C17H23NO5/c1-21-14-7-13(20)6-12-8-17(22-4-5-23-17)3-2-15(12)16(9-14,10-18)11-19/h2,11-14,20H,3-9H2,1H3/t12?,13-,14-,16-/m1/s1. The van der Waals surface area contributed by atoms with Crippen LogP contribution in [0.25, 0.3) is 0 Å². The molecule has 0 aromatic heterocycles. The molecule has 4 atom stereocenters. The Hall–Kier alpha value is -1.26.